The number of aryl methyl sites for hydroxylation is 1. The molecule has 4 bridgehead atoms. The number of para-hydroxylation sites is 1. The van der Waals surface area contributed by atoms with Gasteiger partial charge in [-0.2, -0.15) is 5.26 Å². The van der Waals surface area contributed by atoms with Crippen LogP contribution in [0.15, 0.2) is 43.2 Å². The van der Waals surface area contributed by atoms with E-state index in [0.29, 0.717) is 52.5 Å². The van der Waals surface area contributed by atoms with Gasteiger partial charge >= 0.3 is 12.1 Å². The monoisotopic (exact) mass is 793 g/mol. The Morgan fingerprint density at radius 2 is 1.96 bits per heavy atom. The quantitative estimate of drug-likeness (QED) is 0.178. The van der Waals surface area contributed by atoms with Crippen LogP contribution in [-0.2, 0) is 20.7 Å². The highest BCUT2D eigenvalue weighted by molar-refractivity contribution is 7.99. The number of ether oxygens (including phenoxy) is 6. The van der Waals surface area contributed by atoms with Gasteiger partial charge in [0.25, 0.3) is 0 Å². The summed E-state index contributed by atoms with van der Waals surface area (Å²) >= 11 is 1.54. The Morgan fingerprint density at radius 3 is 2.75 bits per heavy atom. The largest absolute Gasteiger partial charge is 0.518 e. The van der Waals surface area contributed by atoms with Crippen LogP contribution in [0.4, 0.5) is 10.5 Å². The lowest BCUT2D eigenvalue weighted by molar-refractivity contribution is -0.158. The molecule has 0 amide bonds. The Balaban J connectivity index is 1.22. The van der Waals surface area contributed by atoms with Crippen molar-refractivity contribution in [2.24, 2.45) is 0 Å². The highest BCUT2D eigenvalue weighted by Crippen LogP contribution is 2.64. The molecule has 8 aliphatic rings. The van der Waals surface area contributed by atoms with Gasteiger partial charge in [-0.1, -0.05) is 30.8 Å². The third kappa shape index (κ3) is 4.93. The number of anilines is 1. The number of hydrogen-bond acceptors (Lipinski definition) is 15. The Kier molecular flexibility index (Phi) is 8.39. The van der Waals surface area contributed by atoms with Gasteiger partial charge in [-0.3, -0.25) is 15.1 Å². The van der Waals surface area contributed by atoms with Gasteiger partial charge in [0.05, 0.1) is 42.8 Å². The van der Waals surface area contributed by atoms with E-state index in [1.54, 1.807) is 18.9 Å². The number of nitrogens with one attached hydrogen (secondary N) is 2. The molecule has 14 nitrogen and oxygen atoms in total. The van der Waals surface area contributed by atoms with Gasteiger partial charge in [-0.15, -0.1) is 11.8 Å². The van der Waals surface area contributed by atoms with Crippen LogP contribution >= 0.6 is 11.8 Å². The predicted molar refractivity (Wildman–Crippen MR) is 208 cm³/mol. The minimum Gasteiger partial charge on any atom is -0.504 e. The molecule has 8 heterocycles. The van der Waals surface area contributed by atoms with Crippen molar-refractivity contribution in [1.82, 2.24) is 15.1 Å². The molecule has 8 aliphatic heterocycles. The van der Waals surface area contributed by atoms with Crippen molar-refractivity contribution in [1.29, 1.82) is 5.26 Å². The van der Waals surface area contributed by atoms with Gasteiger partial charge in [0.15, 0.2) is 23.0 Å². The lowest BCUT2D eigenvalue weighted by Crippen LogP contribution is -2.71. The highest BCUT2D eigenvalue weighted by Gasteiger charge is 2.63. The first-order valence-electron chi connectivity index (χ1n) is 19.3. The number of aromatic hydroxyl groups is 1. The van der Waals surface area contributed by atoms with Crippen molar-refractivity contribution in [2.75, 3.05) is 45.2 Å². The number of thioether (sulfide) groups is 1. The van der Waals surface area contributed by atoms with Gasteiger partial charge in [-0.05, 0) is 63.0 Å². The summed E-state index contributed by atoms with van der Waals surface area (Å²) in [6, 6.07) is 9.87. The first-order valence-corrected chi connectivity index (χ1v) is 20.3. The van der Waals surface area contributed by atoms with E-state index >= 15 is 0 Å². The van der Waals surface area contributed by atoms with Gasteiger partial charge in [0.1, 0.15) is 23.9 Å². The van der Waals surface area contributed by atoms with Gasteiger partial charge in [-0.25, -0.2) is 9.59 Å². The predicted octanol–water partition coefficient (Wildman–Crippen LogP) is 5.28. The van der Waals surface area contributed by atoms with Crippen LogP contribution in [0.1, 0.15) is 68.6 Å². The number of carbonyl (C=O) groups is 2. The molecule has 57 heavy (non-hydrogen) atoms. The highest BCUT2D eigenvalue weighted by atomic mass is 32.2. The summed E-state index contributed by atoms with van der Waals surface area (Å²) in [7, 11) is 3.55. The van der Waals surface area contributed by atoms with Crippen LogP contribution in [0.5, 0.6) is 28.7 Å². The van der Waals surface area contributed by atoms with Crippen molar-refractivity contribution < 1.29 is 43.1 Å². The second-order valence-corrected chi connectivity index (χ2v) is 17.0. The lowest BCUT2D eigenvalue weighted by Gasteiger charge is -2.62. The molecule has 3 aromatic carbocycles. The summed E-state index contributed by atoms with van der Waals surface area (Å²) in [5, 5.41) is 30.1. The van der Waals surface area contributed by atoms with E-state index in [1.165, 1.54) is 5.56 Å². The molecule has 0 saturated carbocycles. The topological polar surface area (TPSA) is 164 Å². The number of likely N-dealkylation sites (N-methyl/N-ethyl adjacent to an activating group) is 1. The third-order valence-electron chi connectivity index (χ3n) is 13.4. The Labute approximate surface area is 334 Å². The molecule has 0 aliphatic carbocycles. The number of phenols is 1. The molecule has 15 heteroatoms. The number of esters is 1. The SMILES string of the molecule is C=COC(=O)Oc1c(C)c2c(c3c1[C@H]1SC[C@]4(NCCC5c6ccccc6NC54)C(=O)OC[C@@H]3N3C1C1c4c(cc(C)c(OC)c4O)CC([C@@H]3C#N)N1C)OCO2. The summed E-state index contributed by atoms with van der Waals surface area (Å²) in [6.45, 7) is 7.65. The molecule has 0 radical (unpaired) electrons. The number of carbonyl (C=O) groups excluding carboxylic acids is 2. The molecule has 0 aromatic heterocycles. The smallest absolute Gasteiger partial charge is 0.504 e. The number of rotatable bonds is 3. The maximum atomic E-state index is 14.9. The number of methoxy groups -OCH3 is 1. The number of piperazine rings is 1. The average Bonchev–Trinajstić information content (AvgIpc) is 3.84. The minimum absolute atomic E-state index is 0.0526. The Bertz CT molecular complexity index is 2300. The van der Waals surface area contributed by atoms with E-state index in [2.05, 4.69) is 45.2 Å². The molecule has 296 valence electrons. The molecular formula is C42H43N5O9S. The van der Waals surface area contributed by atoms with Crippen LogP contribution < -0.4 is 29.6 Å². The zero-order chi connectivity index (χ0) is 39.5. The van der Waals surface area contributed by atoms with E-state index in [-0.39, 0.29) is 54.6 Å². The standard InChI is InChI=1S/C42H43N5O9S/c1-6-52-41(50)56-35-20(3)36-37(55-18-54-36)29-27-16-53-40(49)42(39-23(11-12-44-42)22-9-7-8-10-24(22)45-39)17-57-38(30(29)35)32-31-28-21(13-19(2)34(51-5)33(28)48)14-25(46(31)4)26(15-43)47(27)32/h6-10,13,23,25-27,31-32,38-39,44-45,48H,1,11-12,14,16-18H2,2-5H3/t23?,25?,26-,27-,31?,32?,38+,39?,42+/m0/s1. The van der Waals surface area contributed by atoms with Crippen molar-refractivity contribution in [3.05, 3.63) is 82.1 Å². The fraction of sp³-hybridized carbons (Fsp3) is 0.452. The average molecular weight is 794 g/mol. The van der Waals surface area contributed by atoms with Crippen molar-refractivity contribution in [3.8, 4) is 34.8 Å². The zero-order valence-electron chi connectivity index (χ0n) is 32.0. The van der Waals surface area contributed by atoms with Crippen molar-refractivity contribution in [3.63, 3.8) is 0 Å². The molecule has 9 atom stereocenters. The number of phenolic OH excluding ortho intramolecular Hbond substituents is 1. The lowest BCUT2D eigenvalue weighted by atomic mass is 9.71. The fourth-order valence-electron chi connectivity index (χ4n) is 11.1. The summed E-state index contributed by atoms with van der Waals surface area (Å²) in [5.41, 5.74) is 5.29. The number of hydrogen-bond donors (Lipinski definition) is 3. The van der Waals surface area contributed by atoms with E-state index in [9.17, 15) is 20.0 Å². The fourth-order valence-corrected chi connectivity index (χ4v) is 12.9. The van der Waals surface area contributed by atoms with Crippen molar-refractivity contribution >= 4 is 29.6 Å². The third-order valence-corrected chi connectivity index (χ3v) is 14.9. The summed E-state index contributed by atoms with van der Waals surface area (Å²) < 4.78 is 35.9. The normalized spacial score (nSPS) is 31.7. The maximum absolute atomic E-state index is 14.9. The number of nitrogens with zero attached hydrogens (tertiary/aromatic N) is 3. The summed E-state index contributed by atoms with van der Waals surface area (Å²) in [6.07, 6.45) is 1.36. The maximum Gasteiger partial charge on any atom is 0.518 e. The first-order chi connectivity index (χ1) is 27.6. The molecule has 1 spiro atoms. The molecule has 3 N–H and O–H groups in total. The van der Waals surface area contributed by atoms with Crippen LogP contribution in [0.2, 0.25) is 0 Å². The molecule has 3 aromatic rings. The number of nitriles is 1. The number of fused-ring (bicyclic) bond motifs is 11. The van der Waals surface area contributed by atoms with Crippen LogP contribution in [0.25, 0.3) is 0 Å². The van der Waals surface area contributed by atoms with Crippen LogP contribution in [-0.4, -0.2) is 96.6 Å². The van der Waals surface area contributed by atoms with E-state index < -0.39 is 41.1 Å². The summed E-state index contributed by atoms with van der Waals surface area (Å²) in [4.78, 5) is 32.5. The number of benzene rings is 3. The van der Waals surface area contributed by atoms with Crippen molar-refractivity contribution in [2.45, 2.75) is 79.6 Å². The molecule has 5 unspecified atom stereocenters. The molecule has 3 fully saturated rings. The van der Waals surface area contributed by atoms with Gasteiger partial charge in [0, 0.05) is 51.7 Å². The zero-order valence-corrected chi connectivity index (χ0v) is 32.8. The number of piperidine rings is 1. The minimum atomic E-state index is -1.16. The molecule has 11 rings (SSSR count). The molecular weight excluding hydrogens is 751 g/mol. The van der Waals surface area contributed by atoms with Crippen LogP contribution in [0, 0.1) is 25.2 Å². The van der Waals surface area contributed by atoms with E-state index in [4.69, 9.17) is 28.4 Å². The van der Waals surface area contributed by atoms with Gasteiger partial charge in [0.2, 0.25) is 6.79 Å². The Hall–Kier alpha value is -5.14. The summed E-state index contributed by atoms with van der Waals surface area (Å²) in [5.74, 6) is 1.47. The van der Waals surface area contributed by atoms with E-state index in [1.807, 2.05) is 39.1 Å². The van der Waals surface area contributed by atoms with Crippen LogP contribution in [0.3, 0.4) is 0 Å². The molecule has 3 saturated heterocycles. The second-order valence-electron chi connectivity index (χ2n) is 15.9. The van der Waals surface area contributed by atoms with E-state index in [0.717, 1.165) is 29.5 Å². The van der Waals surface area contributed by atoms with Gasteiger partial charge < -0.3 is 38.8 Å². The Morgan fingerprint density at radius 1 is 1.16 bits per heavy atom. The first kappa shape index (κ1) is 36.2. The second kappa shape index (κ2) is 13.2.